The van der Waals surface area contributed by atoms with Gasteiger partial charge in [0.15, 0.2) is 0 Å². The number of aliphatic hydroxyl groups is 1. The topological polar surface area (TPSA) is 46.2 Å². The predicted octanol–water partition coefficient (Wildman–Crippen LogP) is 3.48. The highest BCUT2D eigenvalue weighted by molar-refractivity contribution is 5.39. The van der Waals surface area contributed by atoms with Crippen molar-refractivity contribution in [2.75, 3.05) is 13.2 Å². The molecule has 2 heteroatoms. The van der Waals surface area contributed by atoms with E-state index in [0.29, 0.717) is 6.54 Å². The van der Waals surface area contributed by atoms with Crippen LogP contribution in [-0.2, 0) is 5.41 Å². The van der Waals surface area contributed by atoms with Gasteiger partial charge in [-0.3, -0.25) is 0 Å². The first-order chi connectivity index (χ1) is 10.3. The van der Waals surface area contributed by atoms with Gasteiger partial charge >= 0.3 is 0 Å². The average molecular weight is 283 g/mol. The molecule has 0 aliphatic heterocycles. The van der Waals surface area contributed by atoms with Gasteiger partial charge < -0.3 is 10.8 Å². The highest BCUT2D eigenvalue weighted by atomic mass is 16.2. The molecule has 0 aliphatic carbocycles. The van der Waals surface area contributed by atoms with E-state index in [2.05, 4.69) is 48.5 Å². The van der Waals surface area contributed by atoms with E-state index in [0.717, 1.165) is 25.7 Å². The van der Waals surface area contributed by atoms with Crippen LogP contribution in [0.2, 0.25) is 0 Å². The van der Waals surface area contributed by atoms with Gasteiger partial charge in [-0.2, -0.15) is 0 Å². The Bertz CT molecular complexity index is 460. The van der Waals surface area contributed by atoms with E-state index in [4.69, 9.17) is 5.73 Å². The van der Waals surface area contributed by atoms with Gasteiger partial charge in [-0.25, -0.2) is 0 Å². The summed E-state index contributed by atoms with van der Waals surface area (Å²) in [4.78, 5) is 0. The maximum absolute atomic E-state index is 9.32. The molecule has 0 bridgehead atoms. The zero-order valence-corrected chi connectivity index (χ0v) is 12.5. The van der Waals surface area contributed by atoms with Crippen LogP contribution in [0, 0.1) is 0 Å². The molecular formula is C19H25NO. The molecule has 0 amide bonds. The van der Waals surface area contributed by atoms with Gasteiger partial charge in [0.05, 0.1) is 0 Å². The third-order valence-electron chi connectivity index (χ3n) is 4.22. The monoisotopic (exact) mass is 283 g/mol. The molecule has 0 atom stereocenters. The fraction of sp³-hybridized carbons (Fsp3) is 0.368. The van der Waals surface area contributed by atoms with Crippen molar-refractivity contribution < 1.29 is 5.11 Å². The summed E-state index contributed by atoms with van der Waals surface area (Å²) < 4.78 is 0. The third-order valence-corrected chi connectivity index (χ3v) is 4.22. The first kappa shape index (κ1) is 15.7. The van der Waals surface area contributed by atoms with Crippen molar-refractivity contribution >= 4 is 0 Å². The summed E-state index contributed by atoms with van der Waals surface area (Å²) in [5.74, 6) is 0. The highest BCUT2D eigenvalue weighted by Crippen LogP contribution is 2.40. The number of aliphatic hydroxyl groups excluding tert-OH is 1. The molecule has 2 aromatic rings. The van der Waals surface area contributed by atoms with Crippen LogP contribution < -0.4 is 5.73 Å². The van der Waals surface area contributed by atoms with Crippen LogP contribution in [0.25, 0.3) is 0 Å². The number of rotatable bonds is 8. The Kier molecular flexibility index (Phi) is 5.97. The highest BCUT2D eigenvalue weighted by Gasteiger charge is 2.32. The van der Waals surface area contributed by atoms with Crippen LogP contribution in [0.3, 0.4) is 0 Å². The molecule has 3 N–H and O–H groups in total. The van der Waals surface area contributed by atoms with Crippen molar-refractivity contribution in [1.29, 1.82) is 0 Å². The van der Waals surface area contributed by atoms with Gasteiger partial charge in [0.25, 0.3) is 0 Å². The second-order valence-corrected chi connectivity index (χ2v) is 5.53. The lowest BCUT2D eigenvalue weighted by Crippen LogP contribution is -2.29. The second-order valence-electron chi connectivity index (χ2n) is 5.53. The van der Waals surface area contributed by atoms with E-state index in [1.165, 1.54) is 11.1 Å². The van der Waals surface area contributed by atoms with E-state index in [1.54, 1.807) is 0 Å². The minimum Gasteiger partial charge on any atom is -0.396 e. The van der Waals surface area contributed by atoms with Gasteiger partial charge in [-0.15, -0.1) is 0 Å². The Morgan fingerprint density at radius 2 is 1.24 bits per heavy atom. The SMILES string of the molecule is NCCCC(CCCO)(c1ccccc1)c1ccccc1. The van der Waals surface area contributed by atoms with Gasteiger partial charge in [0, 0.05) is 12.0 Å². The van der Waals surface area contributed by atoms with Crippen molar-refractivity contribution in [3.63, 3.8) is 0 Å². The second kappa shape index (κ2) is 7.96. The summed E-state index contributed by atoms with van der Waals surface area (Å²) in [7, 11) is 0. The molecule has 0 radical (unpaired) electrons. The Morgan fingerprint density at radius 1 is 0.762 bits per heavy atom. The van der Waals surface area contributed by atoms with Gasteiger partial charge in [0.2, 0.25) is 0 Å². The summed E-state index contributed by atoms with van der Waals surface area (Å²) >= 11 is 0. The Labute approximate surface area is 127 Å². The van der Waals surface area contributed by atoms with Crippen molar-refractivity contribution in [3.8, 4) is 0 Å². The van der Waals surface area contributed by atoms with Crippen LogP contribution in [0.1, 0.15) is 36.8 Å². The van der Waals surface area contributed by atoms with E-state index in [1.807, 2.05) is 12.1 Å². The maximum Gasteiger partial charge on any atom is 0.0431 e. The first-order valence-corrected chi connectivity index (χ1v) is 7.75. The molecule has 0 spiro atoms. The van der Waals surface area contributed by atoms with E-state index in [9.17, 15) is 5.11 Å². The van der Waals surface area contributed by atoms with Crippen molar-refractivity contribution in [1.82, 2.24) is 0 Å². The first-order valence-electron chi connectivity index (χ1n) is 7.75. The molecule has 0 fully saturated rings. The zero-order valence-electron chi connectivity index (χ0n) is 12.5. The van der Waals surface area contributed by atoms with Crippen LogP contribution in [0.5, 0.6) is 0 Å². The molecule has 0 unspecified atom stereocenters. The lowest BCUT2D eigenvalue weighted by molar-refractivity contribution is 0.265. The molecule has 112 valence electrons. The summed E-state index contributed by atoms with van der Waals surface area (Å²) in [6.45, 7) is 0.921. The Morgan fingerprint density at radius 3 is 1.67 bits per heavy atom. The quantitative estimate of drug-likeness (QED) is 0.779. The zero-order chi connectivity index (χ0) is 15.0. The molecule has 2 rings (SSSR count). The fourth-order valence-electron chi connectivity index (χ4n) is 3.17. The Hall–Kier alpha value is -1.64. The van der Waals surface area contributed by atoms with Crippen molar-refractivity contribution in [3.05, 3.63) is 71.8 Å². The van der Waals surface area contributed by atoms with Crippen molar-refractivity contribution in [2.45, 2.75) is 31.1 Å². The predicted molar refractivity (Wildman–Crippen MR) is 88.3 cm³/mol. The van der Waals surface area contributed by atoms with Crippen LogP contribution in [0.4, 0.5) is 0 Å². The molecule has 21 heavy (non-hydrogen) atoms. The summed E-state index contributed by atoms with van der Waals surface area (Å²) in [5.41, 5.74) is 8.36. The van der Waals surface area contributed by atoms with Gasteiger partial charge in [-0.1, -0.05) is 60.7 Å². The third kappa shape index (κ3) is 3.72. The van der Waals surface area contributed by atoms with Gasteiger partial charge in [0.1, 0.15) is 0 Å². The summed E-state index contributed by atoms with van der Waals surface area (Å²) in [5, 5.41) is 9.32. The van der Waals surface area contributed by atoms with Gasteiger partial charge in [-0.05, 0) is 43.4 Å². The van der Waals surface area contributed by atoms with Crippen LogP contribution >= 0.6 is 0 Å². The normalized spacial score (nSPS) is 11.5. The molecule has 0 heterocycles. The lowest BCUT2D eigenvalue weighted by Gasteiger charge is -2.35. The smallest absolute Gasteiger partial charge is 0.0431 e. The molecular weight excluding hydrogens is 258 g/mol. The standard InChI is InChI=1S/C19H25NO/c20-15-7-13-19(14-8-16-21,17-9-3-1-4-10-17)18-11-5-2-6-12-18/h1-6,9-12,21H,7-8,13-16,20H2. The molecule has 2 nitrogen and oxygen atoms in total. The number of hydrogen-bond acceptors (Lipinski definition) is 2. The molecule has 2 aromatic carbocycles. The minimum atomic E-state index is -0.0510. The number of nitrogens with two attached hydrogens (primary N) is 1. The largest absolute Gasteiger partial charge is 0.396 e. The summed E-state index contributed by atoms with van der Waals surface area (Å²) in [6.07, 6.45) is 3.73. The molecule has 0 aromatic heterocycles. The Balaban J connectivity index is 2.48. The maximum atomic E-state index is 9.32. The van der Waals surface area contributed by atoms with E-state index in [-0.39, 0.29) is 12.0 Å². The van der Waals surface area contributed by atoms with Crippen LogP contribution in [0.15, 0.2) is 60.7 Å². The lowest BCUT2D eigenvalue weighted by atomic mass is 9.68. The average Bonchev–Trinajstić information content (AvgIpc) is 2.57. The van der Waals surface area contributed by atoms with Crippen LogP contribution in [-0.4, -0.2) is 18.3 Å². The number of hydrogen-bond donors (Lipinski definition) is 2. The summed E-state index contributed by atoms with van der Waals surface area (Å²) in [6, 6.07) is 21.2. The van der Waals surface area contributed by atoms with E-state index < -0.39 is 0 Å². The van der Waals surface area contributed by atoms with E-state index >= 15 is 0 Å². The van der Waals surface area contributed by atoms with Crippen molar-refractivity contribution in [2.24, 2.45) is 5.73 Å². The fourth-order valence-corrected chi connectivity index (χ4v) is 3.17. The minimum absolute atomic E-state index is 0.0510. The molecule has 0 aliphatic rings. The molecule has 0 saturated heterocycles. The molecule has 0 saturated carbocycles. The number of benzene rings is 2.